The average Bonchev–Trinajstić information content (AvgIpc) is 2.67. The molecule has 0 aliphatic heterocycles. The highest BCUT2D eigenvalue weighted by Crippen LogP contribution is 2.36. The number of aromatic nitrogens is 1. The van der Waals surface area contributed by atoms with E-state index in [0.717, 1.165) is 0 Å². The molecule has 30 heavy (non-hydrogen) atoms. The van der Waals surface area contributed by atoms with E-state index in [4.69, 9.17) is 13.6 Å². The first-order valence-corrected chi connectivity index (χ1v) is 10.1. The molecule has 7 nitrogen and oxygen atoms in total. The zero-order valence-electron chi connectivity index (χ0n) is 17.1. The Morgan fingerprint density at radius 2 is 1.77 bits per heavy atom. The number of fused-ring (bicyclic) bond motifs is 5. The van der Waals surface area contributed by atoms with Crippen molar-refractivity contribution in [1.82, 2.24) is 4.98 Å². The lowest BCUT2D eigenvalue weighted by Gasteiger charge is -2.13. The number of rotatable bonds is 2. The molecule has 0 N–H and O–H groups in total. The van der Waals surface area contributed by atoms with Crippen molar-refractivity contribution < 1.29 is 18.4 Å². The molecule has 0 atom stereocenters. The Morgan fingerprint density at radius 1 is 1.07 bits per heavy atom. The van der Waals surface area contributed by atoms with Crippen LogP contribution in [-0.4, -0.2) is 17.6 Å². The summed E-state index contributed by atoms with van der Waals surface area (Å²) >= 11 is 3.40. The van der Waals surface area contributed by atoms with Gasteiger partial charge in [0.1, 0.15) is 5.76 Å². The smallest absolute Gasteiger partial charge is 0.346 e. The van der Waals surface area contributed by atoms with E-state index in [-0.39, 0.29) is 34.2 Å². The highest BCUT2D eigenvalue weighted by Gasteiger charge is 2.25. The Hall–Kier alpha value is -3.00. The lowest BCUT2D eigenvalue weighted by Crippen LogP contribution is -2.14. The Labute approximate surface area is 178 Å². The Balaban J connectivity index is 2.32. The van der Waals surface area contributed by atoms with Crippen LogP contribution in [0.4, 0.5) is 0 Å². The maximum Gasteiger partial charge on any atom is 0.346 e. The quantitative estimate of drug-likeness (QED) is 0.238. The van der Waals surface area contributed by atoms with Crippen LogP contribution in [0.3, 0.4) is 0 Å². The molecule has 0 aliphatic rings. The Bertz CT molecular complexity index is 1510. The molecule has 8 heteroatoms. The van der Waals surface area contributed by atoms with Crippen molar-refractivity contribution in [1.29, 1.82) is 0 Å². The number of esters is 1. The fourth-order valence-electron chi connectivity index (χ4n) is 3.73. The van der Waals surface area contributed by atoms with Crippen LogP contribution in [0.15, 0.2) is 29.0 Å². The van der Waals surface area contributed by atoms with Crippen LogP contribution in [0.5, 0.6) is 0 Å². The van der Waals surface area contributed by atoms with Crippen molar-refractivity contribution in [2.75, 3.05) is 6.61 Å². The van der Waals surface area contributed by atoms with Crippen molar-refractivity contribution in [2.24, 2.45) is 0 Å². The minimum absolute atomic E-state index is 0.149. The van der Waals surface area contributed by atoms with E-state index in [9.17, 15) is 14.4 Å². The molecule has 0 bridgehead atoms. The molecule has 154 valence electrons. The molecule has 0 saturated carbocycles. The maximum atomic E-state index is 12.9. The Kier molecular flexibility index (Phi) is 4.77. The maximum absolute atomic E-state index is 12.9. The van der Waals surface area contributed by atoms with Crippen LogP contribution in [0.2, 0.25) is 0 Å². The summed E-state index contributed by atoms with van der Waals surface area (Å²) in [6.45, 7) is 8.62. The number of carbonyl (C=O) groups excluding carboxylic acids is 1. The van der Waals surface area contributed by atoms with E-state index in [0.29, 0.717) is 43.3 Å². The third kappa shape index (κ3) is 2.78. The number of carbonyl (C=O) groups is 1. The summed E-state index contributed by atoms with van der Waals surface area (Å²) in [6.07, 6.45) is 0. The minimum atomic E-state index is -0.640. The molecule has 0 amide bonds. The van der Waals surface area contributed by atoms with Crippen molar-refractivity contribution >= 4 is 54.7 Å². The van der Waals surface area contributed by atoms with Gasteiger partial charge in [0.15, 0.2) is 16.6 Å². The predicted molar refractivity (Wildman–Crippen MR) is 116 cm³/mol. The van der Waals surface area contributed by atoms with Gasteiger partial charge in [-0.25, -0.2) is 9.59 Å². The molecule has 4 rings (SSSR count). The molecule has 3 heterocycles. The van der Waals surface area contributed by atoms with E-state index >= 15 is 0 Å². The number of benzene rings is 1. The van der Waals surface area contributed by atoms with Gasteiger partial charge in [-0.05, 0) is 62.2 Å². The van der Waals surface area contributed by atoms with Gasteiger partial charge in [0.2, 0.25) is 0 Å². The first kappa shape index (κ1) is 20.3. The van der Waals surface area contributed by atoms with E-state index in [2.05, 4.69) is 20.9 Å². The van der Waals surface area contributed by atoms with Gasteiger partial charge in [0.25, 0.3) is 0 Å². The van der Waals surface area contributed by atoms with Gasteiger partial charge in [0.05, 0.1) is 44.0 Å². The summed E-state index contributed by atoms with van der Waals surface area (Å²) in [5, 5.41) is 0.895. The molecule has 0 fully saturated rings. The van der Waals surface area contributed by atoms with Crippen LogP contribution in [0.1, 0.15) is 39.9 Å². The van der Waals surface area contributed by atoms with Crippen LogP contribution in [-0.2, 0) is 4.74 Å². The number of hydrogen-bond donors (Lipinski definition) is 0. The van der Waals surface area contributed by atoms with Gasteiger partial charge >= 0.3 is 11.6 Å². The van der Waals surface area contributed by atoms with E-state index in [1.54, 1.807) is 40.7 Å². The van der Waals surface area contributed by atoms with Gasteiger partial charge in [-0.2, -0.15) is 0 Å². The van der Waals surface area contributed by atoms with Crippen molar-refractivity contribution in [3.05, 3.63) is 59.3 Å². The standard InChI is InChI=1S/C22H18BrNO6/c1-6-28-21(26)14-9(3)15-17(24-10(14)4)16-19-12(18(25)8(2)11(5)29-19)7-13(23)20(16)30-22(15)27/h7H,6H2,1-5H3. The normalized spacial score (nSPS) is 11.5. The van der Waals surface area contributed by atoms with Crippen LogP contribution in [0, 0.1) is 27.7 Å². The second-order valence-electron chi connectivity index (χ2n) is 7.08. The predicted octanol–water partition coefficient (Wildman–Crippen LogP) is 4.62. The second kappa shape index (κ2) is 7.05. The number of pyridine rings is 1. The number of aryl methyl sites for hydroxylation is 3. The van der Waals surface area contributed by atoms with Crippen molar-refractivity contribution in [3.8, 4) is 0 Å². The third-order valence-electron chi connectivity index (χ3n) is 5.30. The summed E-state index contributed by atoms with van der Waals surface area (Å²) in [4.78, 5) is 42.7. The van der Waals surface area contributed by atoms with E-state index in [1.807, 2.05) is 0 Å². The second-order valence-corrected chi connectivity index (χ2v) is 7.94. The van der Waals surface area contributed by atoms with Gasteiger partial charge in [-0.15, -0.1) is 0 Å². The van der Waals surface area contributed by atoms with Crippen molar-refractivity contribution in [3.63, 3.8) is 0 Å². The molecule has 0 unspecified atom stereocenters. The summed E-state index contributed by atoms with van der Waals surface area (Å²) in [5.41, 5.74) is 1.54. The van der Waals surface area contributed by atoms with Crippen LogP contribution in [0.25, 0.3) is 32.8 Å². The van der Waals surface area contributed by atoms with Crippen LogP contribution < -0.4 is 11.1 Å². The number of ether oxygens (including phenoxy) is 1. The topological polar surface area (TPSA) is 99.6 Å². The Morgan fingerprint density at radius 3 is 2.43 bits per heavy atom. The monoisotopic (exact) mass is 471 g/mol. The van der Waals surface area contributed by atoms with Crippen LogP contribution >= 0.6 is 15.9 Å². The first-order valence-electron chi connectivity index (χ1n) is 9.34. The first-order chi connectivity index (χ1) is 14.2. The molecule has 1 aromatic carbocycles. The largest absolute Gasteiger partial charge is 0.462 e. The van der Waals surface area contributed by atoms with Gasteiger partial charge in [-0.3, -0.25) is 9.78 Å². The number of halogens is 1. The highest BCUT2D eigenvalue weighted by atomic mass is 79.9. The third-order valence-corrected chi connectivity index (χ3v) is 5.89. The zero-order chi connectivity index (χ0) is 21.9. The molecule has 0 radical (unpaired) electrons. The average molecular weight is 472 g/mol. The molecular weight excluding hydrogens is 454 g/mol. The summed E-state index contributed by atoms with van der Waals surface area (Å²) in [5.74, 6) is -0.0921. The summed E-state index contributed by atoms with van der Waals surface area (Å²) in [7, 11) is 0. The fourth-order valence-corrected chi connectivity index (χ4v) is 4.24. The zero-order valence-corrected chi connectivity index (χ0v) is 18.6. The molecule has 3 aromatic heterocycles. The van der Waals surface area contributed by atoms with Gasteiger partial charge in [-0.1, -0.05) is 0 Å². The van der Waals surface area contributed by atoms with Gasteiger partial charge < -0.3 is 13.6 Å². The lowest BCUT2D eigenvalue weighted by molar-refractivity contribution is 0.0524. The summed E-state index contributed by atoms with van der Waals surface area (Å²) in [6, 6.07) is 1.58. The van der Waals surface area contributed by atoms with Crippen molar-refractivity contribution in [2.45, 2.75) is 34.6 Å². The number of nitrogens with zero attached hydrogens (tertiary/aromatic N) is 1. The highest BCUT2D eigenvalue weighted by molar-refractivity contribution is 9.10. The van der Waals surface area contributed by atoms with Gasteiger partial charge in [0, 0.05) is 5.56 Å². The SMILES string of the molecule is CCOC(=O)c1c(C)nc2c(c1C)c(=O)oc1c(Br)cc3c(=O)c(C)c(C)oc3c12. The molecular formula is C22H18BrNO6. The fraction of sp³-hybridized carbons (Fsp3) is 0.273. The van der Waals surface area contributed by atoms with E-state index < -0.39 is 11.6 Å². The minimum Gasteiger partial charge on any atom is -0.462 e. The molecule has 0 spiro atoms. The number of hydrogen-bond acceptors (Lipinski definition) is 7. The molecule has 0 aliphatic carbocycles. The summed E-state index contributed by atoms with van der Waals surface area (Å²) < 4.78 is 17.1. The molecule has 4 aromatic rings. The van der Waals surface area contributed by atoms with E-state index in [1.165, 1.54) is 0 Å². The lowest BCUT2D eigenvalue weighted by atomic mass is 10.0. The molecule has 0 saturated heterocycles.